The summed E-state index contributed by atoms with van der Waals surface area (Å²) in [6, 6.07) is 5.44. The molecule has 2 rings (SSSR count). The van der Waals surface area contributed by atoms with E-state index in [1.165, 1.54) is 0 Å². The molecule has 0 radical (unpaired) electrons. The van der Waals surface area contributed by atoms with E-state index in [1.54, 1.807) is 24.3 Å². The van der Waals surface area contributed by atoms with Gasteiger partial charge in [0.1, 0.15) is 0 Å². The second-order valence-electron chi connectivity index (χ2n) is 2.93. The van der Waals surface area contributed by atoms with Crippen molar-refractivity contribution in [3.8, 4) is 11.1 Å². The minimum atomic E-state index is -0.989. The van der Waals surface area contributed by atoms with Gasteiger partial charge in [0.05, 0.1) is 5.56 Å². The predicted octanol–water partition coefficient (Wildman–Crippen LogP) is 3.51. The fourth-order valence-electron chi connectivity index (χ4n) is 1.30. The Bertz CT molecular complexity index is 554. The average molecular weight is 260 g/mol. The quantitative estimate of drug-likeness (QED) is 0.776. The molecule has 6 heteroatoms. The zero-order valence-electron chi connectivity index (χ0n) is 7.71. The second-order valence-corrected chi connectivity index (χ2v) is 3.68. The zero-order valence-corrected chi connectivity index (χ0v) is 9.22. The molecule has 0 atom stereocenters. The SMILES string of the molecule is O=C(Cl)c1noc(F)c1-c1ccccc1Cl. The van der Waals surface area contributed by atoms with Crippen LogP contribution in [-0.4, -0.2) is 10.4 Å². The molecular formula is C10H4Cl2FNO2. The molecule has 82 valence electrons. The van der Waals surface area contributed by atoms with Crippen molar-refractivity contribution in [1.29, 1.82) is 0 Å². The summed E-state index contributed by atoms with van der Waals surface area (Å²) in [5.41, 5.74) is -0.0928. The number of nitrogens with zero attached hydrogens (tertiary/aromatic N) is 1. The molecule has 1 aromatic carbocycles. The zero-order chi connectivity index (χ0) is 11.7. The fraction of sp³-hybridized carbons (Fsp3) is 0. The van der Waals surface area contributed by atoms with Crippen LogP contribution in [0.2, 0.25) is 5.02 Å². The van der Waals surface area contributed by atoms with E-state index in [-0.39, 0.29) is 16.3 Å². The van der Waals surface area contributed by atoms with Crippen LogP contribution < -0.4 is 0 Å². The molecule has 1 heterocycles. The third kappa shape index (κ3) is 1.81. The first-order valence-corrected chi connectivity index (χ1v) is 4.96. The molecule has 0 spiro atoms. The highest BCUT2D eigenvalue weighted by molar-refractivity contribution is 6.68. The second kappa shape index (κ2) is 4.23. The van der Waals surface area contributed by atoms with Crippen LogP contribution in [0.5, 0.6) is 0 Å². The smallest absolute Gasteiger partial charge is 0.314 e. The number of halogens is 3. The fourth-order valence-corrected chi connectivity index (χ4v) is 1.66. The number of benzene rings is 1. The molecule has 1 aromatic heterocycles. The standard InChI is InChI=1S/C10H4Cl2FNO2/c11-6-4-2-1-3-5(6)7-8(9(12)15)14-16-10(7)13/h1-4H. The van der Waals surface area contributed by atoms with Gasteiger partial charge >= 0.3 is 6.01 Å². The van der Waals surface area contributed by atoms with Gasteiger partial charge in [-0.2, -0.15) is 4.39 Å². The Kier molecular flexibility index (Phi) is 2.94. The summed E-state index contributed by atoms with van der Waals surface area (Å²) in [4.78, 5) is 11.0. The molecule has 0 saturated carbocycles. The molecule has 0 fully saturated rings. The van der Waals surface area contributed by atoms with Gasteiger partial charge in [-0.25, -0.2) is 0 Å². The maximum absolute atomic E-state index is 13.3. The maximum Gasteiger partial charge on any atom is 0.314 e. The third-order valence-electron chi connectivity index (χ3n) is 1.98. The molecule has 3 nitrogen and oxygen atoms in total. The van der Waals surface area contributed by atoms with Gasteiger partial charge in [0.15, 0.2) is 5.69 Å². The van der Waals surface area contributed by atoms with E-state index in [9.17, 15) is 9.18 Å². The minimum absolute atomic E-state index is 0.120. The van der Waals surface area contributed by atoms with Gasteiger partial charge in [0, 0.05) is 10.6 Å². The highest BCUT2D eigenvalue weighted by Gasteiger charge is 2.23. The van der Waals surface area contributed by atoms with E-state index in [0.29, 0.717) is 5.56 Å². The predicted molar refractivity (Wildman–Crippen MR) is 57.1 cm³/mol. The number of rotatable bonds is 2. The summed E-state index contributed by atoms with van der Waals surface area (Å²) >= 11 is 11.1. The molecule has 0 aliphatic carbocycles. The Hall–Kier alpha value is -1.39. The number of carbonyl (C=O) groups is 1. The Morgan fingerprint density at radius 1 is 1.38 bits per heavy atom. The van der Waals surface area contributed by atoms with Crippen LogP contribution in [0.4, 0.5) is 4.39 Å². The minimum Gasteiger partial charge on any atom is -0.324 e. The molecular weight excluding hydrogens is 256 g/mol. The van der Waals surface area contributed by atoms with Crippen molar-refractivity contribution in [2.75, 3.05) is 0 Å². The van der Waals surface area contributed by atoms with Gasteiger partial charge in [0.2, 0.25) is 0 Å². The van der Waals surface area contributed by atoms with Gasteiger partial charge in [-0.3, -0.25) is 4.79 Å². The monoisotopic (exact) mass is 259 g/mol. The first-order chi connectivity index (χ1) is 7.61. The van der Waals surface area contributed by atoms with Crippen molar-refractivity contribution >= 4 is 28.4 Å². The van der Waals surface area contributed by atoms with Crippen molar-refractivity contribution in [3.63, 3.8) is 0 Å². The number of carbonyl (C=O) groups excluding carboxylic acids is 1. The summed E-state index contributed by atoms with van der Waals surface area (Å²) in [6.07, 6.45) is 0. The lowest BCUT2D eigenvalue weighted by atomic mass is 10.1. The lowest BCUT2D eigenvalue weighted by Gasteiger charge is -2.00. The molecule has 0 amide bonds. The van der Waals surface area contributed by atoms with Gasteiger partial charge in [0.25, 0.3) is 5.24 Å². The van der Waals surface area contributed by atoms with Crippen LogP contribution in [-0.2, 0) is 0 Å². The van der Waals surface area contributed by atoms with Crippen molar-refractivity contribution < 1.29 is 13.7 Å². The van der Waals surface area contributed by atoms with Gasteiger partial charge in [-0.05, 0) is 17.7 Å². The van der Waals surface area contributed by atoms with Crippen LogP contribution in [0.3, 0.4) is 0 Å². The largest absolute Gasteiger partial charge is 0.324 e. The van der Waals surface area contributed by atoms with Crippen molar-refractivity contribution in [2.45, 2.75) is 0 Å². The summed E-state index contributed by atoms with van der Waals surface area (Å²) < 4.78 is 17.6. The lowest BCUT2D eigenvalue weighted by molar-refractivity contribution is 0.107. The molecule has 0 aliphatic rings. The summed E-state index contributed by atoms with van der Waals surface area (Å²) in [6.45, 7) is 0. The van der Waals surface area contributed by atoms with E-state index in [2.05, 4.69) is 9.68 Å². The Morgan fingerprint density at radius 2 is 2.06 bits per heavy atom. The highest BCUT2D eigenvalue weighted by atomic mass is 35.5. The molecule has 0 bridgehead atoms. The number of hydrogen-bond donors (Lipinski definition) is 0. The molecule has 0 unspecified atom stereocenters. The normalized spacial score (nSPS) is 10.4. The third-order valence-corrected chi connectivity index (χ3v) is 2.49. The summed E-state index contributed by atoms with van der Waals surface area (Å²) in [5, 5.41) is 2.62. The maximum atomic E-state index is 13.3. The Balaban J connectivity index is 2.68. The van der Waals surface area contributed by atoms with E-state index in [4.69, 9.17) is 23.2 Å². The van der Waals surface area contributed by atoms with Gasteiger partial charge in [-0.1, -0.05) is 35.0 Å². The molecule has 0 aliphatic heterocycles. The van der Waals surface area contributed by atoms with Crippen LogP contribution in [0.25, 0.3) is 11.1 Å². The van der Waals surface area contributed by atoms with Crippen molar-refractivity contribution in [3.05, 3.63) is 41.0 Å². The lowest BCUT2D eigenvalue weighted by Crippen LogP contribution is -1.93. The van der Waals surface area contributed by atoms with Crippen LogP contribution in [0.15, 0.2) is 28.8 Å². The summed E-state index contributed by atoms with van der Waals surface area (Å²) in [5.74, 6) is 0. The van der Waals surface area contributed by atoms with Crippen LogP contribution in [0, 0.1) is 6.01 Å². The van der Waals surface area contributed by atoms with E-state index in [1.807, 2.05) is 0 Å². The average Bonchev–Trinajstić information content (AvgIpc) is 2.61. The van der Waals surface area contributed by atoms with Crippen molar-refractivity contribution in [2.24, 2.45) is 0 Å². The molecule has 0 saturated heterocycles. The summed E-state index contributed by atoms with van der Waals surface area (Å²) in [7, 11) is 0. The van der Waals surface area contributed by atoms with Crippen LogP contribution >= 0.6 is 23.2 Å². The number of hydrogen-bond acceptors (Lipinski definition) is 3. The Morgan fingerprint density at radius 3 is 2.69 bits per heavy atom. The topological polar surface area (TPSA) is 43.1 Å². The number of aromatic nitrogens is 1. The van der Waals surface area contributed by atoms with Crippen LogP contribution in [0.1, 0.15) is 10.5 Å². The van der Waals surface area contributed by atoms with E-state index < -0.39 is 11.3 Å². The van der Waals surface area contributed by atoms with Crippen molar-refractivity contribution in [1.82, 2.24) is 5.16 Å². The first kappa shape index (κ1) is 11.1. The Labute approximate surface area is 99.8 Å². The van der Waals surface area contributed by atoms with Gasteiger partial charge < -0.3 is 4.52 Å². The molecule has 0 N–H and O–H groups in total. The molecule has 16 heavy (non-hydrogen) atoms. The van der Waals surface area contributed by atoms with Gasteiger partial charge in [-0.15, -0.1) is 0 Å². The first-order valence-electron chi connectivity index (χ1n) is 4.21. The van der Waals surface area contributed by atoms with E-state index in [0.717, 1.165) is 0 Å². The molecule has 2 aromatic rings. The van der Waals surface area contributed by atoms with E-state index >= 15 is 0 Å². The highest BCUT2D eigenvalue weighted by Crippen LogP contribution is 2.32.